The van der Waals surface area contributed by atoms with Gasteiger partial charge in [-0.15, -0.1) is 11.3 Å². The van der Waals surface area contributed by atoms with Crippen LogP contribution < -0.4 is 10.1 Å². The lowest BCUT2D eigenvalue weighted by Crippen LogP contribution is -2.00. The maximum Gasteiger partial charge on any atom is 0.140 e. The first-order valence-electron chi connectivity index (χ1n) is 6.42. The minimum atomic E-state index is 0.515. The third-order valence-electron chi connectivity index (χ3n) is 3.04. The van der Waals surface area contributed by atoms with Crippen LogP contribution in [-0.2, 0) is 13.0 Å². The Morgan fingerprint density at radius 3 is 2.95 bits per heavy atom. The second-order valence-corrected chi connectivity index (χ2v) is 6.11. The summed E-state index contributed by atoms with van der Waals surface area (Å²) in [4.78, 5) is 5.95. The number of rotatable bonds is 3. The van der Waals surface area contributed by atoms with Gasteiger partial charge in [0.1, 0.15) is 23.2 Å². The van der Waals surface area contributed by atoms with E-state index in [1.165, 1.54) is 17.7 Å². The lowest BCUT2D eigenvalue weighted by Gasteiger charge is -2.03. The molecule has 1 N–H and O–H groups in total. The summed E-state index contributed by atoms with van der Waals surface area (Å²) in [6, 6.07) is 7.41. The molecule has 0 atom stereocenters. The Bertz CT molecular complexity index is 530. The fraction of sp³-hybridized carbons (Fsp3) is 0.357. The molecule has 0 amide bonds. The Kier molecular flexibility index (Phi) is 3.89. The van der Waals surface area contributed by atoms with Gasteiger partial charge in [-0.2, -0.15) is 0 Å². The van der Waals surface area contributed by atoms with Crippen LogP contribution in [0, 0.1) is 0 Å². The maximum atomic E-state index is 5.84. The quantitative estimate of drug-likeness (QED) is 0.924. The Balaban J connectivity index is 1.65. The molecule has 5 heteroatoms. The van der Waals surface area contributed by atoms with Crippen molar-refractivity contribution in [2.75, 3.05) is 11.9 Å². The predicted octanol–water partition coefficient (Wildman–Crippen LogP) is 4.12. The molecule has 2 heterocycles. The molecule has 0 unspecified atom stereocenters. The molecule has 1 aromatic carbocycles. The topological polar surface area (TPSA) is 34.1 Å². The first-order chi connectivity index (χ1) is 9.31. The molecule has 0 saturated carbocycles. The second kappa shape index (κ2) is 5.80. The van der Waals surface area contributed by atoms with Crippen LogP contribution in [-0.4, -0.2) is 11.5 Å². The van der Waals surface area contributed by atoms with E-state index in [1.807, 2.05) is 24.3 Å². The minimum absolute atomic E-state index is 0.515. The van der Waals surface area contributed by atoms with Crippen LogP contribution in [0.3, 0.4) is 0 Å². The zero-order valence-electron chi connectivity index (χ0n) is 10.5. The smallest absolute Gasteiger partial charge is 0.140 e. The molecule has 3 nitrogen and oxygen atoms in total. The van der Waals surface area contributed by atoms with Gasteiger partial charge in [0.25, 0.3) is 0 Å². The van der Waals surface area contributed by atoms with Crippen molar-refractivity contribution in [1.29, 1.82) is 0 Å². The predicted molar refractivity (Wildman–Crippen MR) is 79.3 cm³/mol. The average Bonchev–Trinajstić information content (AvgIpc) is 2.68. The van der Waals surface area contributed by atoms with Crippen molar-refractivity contribution in [3.05, 3.63) is 39.2 Å². The number of nitrogens with one attached hydrogen (secondary N) is 1. The summed E-state index contributed by atoms with van der Waals surface area (Å²) in [5.74, 6) is 1.87. The summed E-state index contributed by atoms with van der Waals surface area (Å²) < 4.78 is 5.72. The SMILES string of the molecule is Clc1ccc(OCc2nc3c(s2)CCCCN3)cc1. The van der Waals surface area contributed by atoms with Gasteiger partial charge < -0.3 is 10.1 Å². The molecule has 100 valence electrons. The molecular formula is C14H15ClN2OS. The highest BCUT2D eigenvalue weighted by molar-refractivity contribution is 7.12. The van der Waals surface area contributed by atoms with Gasteiger partial charge in [-0.1, -0.05) is 11.6 Å². The van der Waals surface area contributed by atoms with Gasteiger partial charge in [0.15, 0.2) is 0 Å². The highest BCUT2D eigenvalue weighted by atomic mass is 35.5. The fourth-order valence-electron chi connectivity index (χ4n) is 2.06. The van der Waals surface area contributed by atoms with Gasteiger partial charge in [0, 0.05) is 16.4 Å². The van der Waals surface area contributed by atoms with Crippen LogP contribution >= 0.6 is 22.9 Å². The number of nitrogens with zero attached hydrogens (tertiary/aromatic N) is 1. The molecule has 0 fully saturated rings. The molecule has 0 saturated heterocycles. The minimum Gasteiger partial charge on any atom is -0.486 e. The molecule has 1 aliphatic rings. The summed E-state index contributed by atoms with van der Waals surface area (Å²) in [5, 5.41) is 5.12. The monoisotopic (exact) mass is 294 g/mol. The van der Waals surface area contributed by atoms with Crippen molar-refractivity contribution in [2.45, 2.75) is 25.9 Å². The number of halogens is 1. The van der Waals surface area contributed by atoms with Crippen LogP contribution in [0.5, 0.6) is 5.75 Å². The number of benzene rings is 1. The van der Waals surface area contributed by atoms with Gasteiger partial charge >= 0.3 is 0 Å². The van der Waals surface area contributed by atoms with Gasteiger partial charge in [0.05, 0.1) is 0 Å². The lowest BCUT2D eigenvalue weighted by molar-refractivity contribution is 0.305. The van der Waals surface area contributed by atoms with Gasteiger partial charge in [-0.25, -0.2) is 4.98 Å². The summed E-state index contributed by atoms with van der Waals surface area (Å²) >= 11 is 7.59. The van der Waals surface area contributed by atoms with E-state index in [9.17, 15) is 0 Å². The Morgan fingerprint density at radius 1 is 1.26 bits per heavy atom. The number of anilines is 1. The first-order valence-corrected chi connectivity index (χ1v) is 7.61. The summed E-state index contributed by atoms with van der Waals surface area (Å²) in [6.07, 6.45) is 3.58. The molecule has 0 spiro atoms. The molecule has 1 aromatic heterocycles. The molecule has 0 aliphatic carbocycles. The first kappa shape index (κ1) is 12.8. The highest BCUT2D eigenvalue weighted by Gasteiger charge is 2.13. The molecule has 3 rings (SSSR count). The number of fused-ring (bicyclic) bond motifs is 1. The lowest BCUT2D eigenvalue weighted by atomic mass is 10.2. The van der Waals surface area contributed by atoms with Crippen molar-refractivity contribution in [3.8, 4) is 5.75 Å². The molecular weight excluding hydrogens is 280 g/mol. The van der Waals surface area contributed by atoms with E-state index in [-0.39, 0.29) is 0 Å². The van der Waals surface area contributed by atoms with Crippen molar-refractivity contribution in [3.63, 3.8) is 0 Å². The van der Waals surface area contributed by atoms with E-state index in [4.69, 9.17) is 16.3 Å². The zero-order chi connectivity index (χ0) is 13.1. The maximum absolute atomic E-state index is 5.84. The number of ether oxygens (including phenoxy) is 1. The largest absolute Gasteiger partial charge is 0.486 e. The van der Waals surface area contributed by atoms with E-state index in [2.05, 4.69) is 10.3 Å². The second-order valence-electron chi connectivity index (χ2n) is 4.51. The van der Waals surface area contributed by atoms with Crippen molar-refractivity contribution in [1.82, 2.24) is 4.98 Å². The van der Waals surface area contributed by atoms with Gasteiger partial charge in [-0.3, -0.25) is 0 Å². The fourth-order valence-corrected chi connectivity index (χ4v) is 3.19. The van der Waals surface area contributed by atoms with Crippen LogP contribution in [0.4, 0.5) is 5.82 Å². The van der Waals surface area contributed by atoms with E-state index >= 15 is 0 Å². The van der Waals surface area contributed by atoms with Crippen LogP contribution in [0.2, 0.25) is 5.02 Å². The summed E-state index contributed by atoms with van der Waals surface area (Å²) in [5.41, 5.74) is 0. The van der Waals surface area contributed by atoms with Crippen molar-refractivity contribution >= 4 is 28.8 Å². The number of thiazole rings is 1. The molecule has 1 aliphatic heterocycles. The normalized spacial score (nSPS) is 14.4. The van der Waals surface area contributed by atoms with Crippen LogP contribution in [0.25, 0.3) is 0 Å². The standard InChI is InChI=1S/C14H15ClN2OS/c15-10-4-6-11(7-5-10)18-9-13-17-14-12(19-13)3-1-2-8-16-14/h4-7,16H,1-3,8-9H2. The van der Waals surface area contributed by atoms with Gasteiger partial charge in [-0.05, 0) is 43.5 Å². The zero-order valence-corrected chi connectivity index (χ0v) is 12.1. The van der Waals surface area contributed by atoms with Crippen LogP contribution in [0.15, 0.2) is 24.3 Å². The van der Waals surface area contributed by atoms with Gasteiger partial charge in [0.2, 0.25) is 0 Å². The highest BCUT2D eigenvalue weighted by Crippen LogP contribution is 2.28. The number of hydrogen-bond acceptors (Lipinski definition) is 4. The number of aryl methyl sites for hydroxylation is 1. The molecule has 0 bridgehead atoms. The van der Waals surface area contributed by atoms with E-state index in [0.717, 1.165) is 34.6 Å². The Labute approximate surface area is 121 Å². The van der Waals surface area contributed by atoms with E-state index in [0.29, 0.717) is 6.61 Å². The van der Waals surface area contributed by atoms with E-state index < -0.39 is 0 Å². The molecule has 19 heavy (non-hydrogen) atoms. The third kappa shape index (κ3) is 3.19. The van der Waals surface area contributed by atoms with Crippen molar-refractivity contribution < 1.29 is 4.74 Å². The number of aromatic nitrogens is 1. The Hall–Kier alpha value is -1.26. The summed E-state index contributed by atoms with van der Waals surface area (Å²) in [7, 11) is 0. The third-order valence-corrected chi connectivity index (χ3v) is 4.38. The van der Waals surface area contributed by atoms with Crippen LogP contribution in [0.1, 0.15) is 22.7 Å². The number of hydrogen-bond donors (Lipinski definition) is 1. The molecule has 2 aromatic rings. The van der Waals surface area contributed by atoms with Crippen molar-refractivity contribution in [2.24, 2.45) is 0 Å². The average molecular weight is 295 g/mol. The van der Waals surface area contributed by atoms with E-state index in [1.54, 1.807) is 11.3 Å². The summed E-state index contributed by atoms with van der Waals surface area (Å²) in [6.45, 7) is 1.54. The molecule has 0 radical (unpaired) electrons. The Morgan fingerprint density at radius 2 is 2.11 bits per heavy atom.